The van der Waals surface area contributed by atoms with Crippen molar-refractivity contribution in [3.8, 4) is 28.5 Å². The van der Waals surface area contributed by atoms with Crippen LogP contribution >= 0.6 is 0 Å². The Kier molecular flexibility index (Phi) is 5.77. The summed E-state index contributed by atoms with van der Waals surface area (Å²) in [5, 5.41) is 0. The molecule has 0 atom stereocenters. The number of anilines is 1. The topological polar surface area (TPSA) is 81.4 Å². The van der Waals surface area contributed by atoms with Gasteiger partial charge in [-0.25, -0.2) is 13.4 Å². The van der Waals surface area contributed by atoms with E-state index in [9.17, 15) is 8.42 Å². The van der Waals surface area contributed by atoms with Gasteiger partial charge in [0, 0.05) is 16.8 Å². The maximum Gasteiger partial charge on any atom is 0.261 e. The summed E-state index contributed by atoms with van der Waals surface area (Å²) >= 11 is 0. The van der Waals surface area contributed by atoms with Crippen LogP contribution in [0.15, 0.2) is 88.4 Å². The molecule has 6 nitrogen and oxygen atoms in total. The van der Waals surface area contributed by atoms with E-state index >= 15 is 0 Å². The monoisotopic (exact) mass is 434 g/mol. The van der Waals surface area contributed by atoms with E-state index in [2.05, 4.69) is 9.71 Å². The van der Waals surface area contributed by atoms with Crippen LogP contribution in [-0.4, -0.2) is 20.0 Å². The molecule has 0 aliphatic carbocycles. The van der Waals surface area contributed by atoms with Crippen LogP contribution in [0.5, 0.6) is 5.75 Å². The first-order valence-corrected chi connectivity index (χ1v) is 11.3. The Morgan fingerprint density at radius 2 is 1.71 bits per heavy atom. The minimum absolute atomic E-state index is 0.152. The van der Waals surface area contributed by atoms with Crippen LogP contribution in [0.2, 0.25) is 0 Å². The van der Waals surface area contributed by atoms with Crippen molar-refractivity contribution in [2.75, 3.05) is 11.3 Å². The van der Waals surface area contributed by atoms with Gasteiger partial charge in [-0.3, -0.25) is 4.72 Å². The van der Waals surface area contributed by atoms with Crippen LogP contribution in [-0.2, 0) is 10.0 Å². The van der Waals surface area contributed by atoms with Crippen molar-refractivity contribution >= 4 is 15.7 Å². The molecule has 0 saturated carbocycles. The third-order valence-electron chi connectivity index (χ3n) is 4.66. The van der Waals surface area contributed by atoms with E-state index in [1.54, 1.807) is 36.6 Å². The molecule has 0 fully saturated rings. The van der Waals surface area contributed by atoms with Gasteiger partial charge in [0.2, 0.25) is 5.89 Å². The van der Waals surface area contributed by atoms with Crippen LogP contribution in [0.25, 0.3) is 22.7 Å². The molecule has 4 rings (SSSR count). The highest BCUT2D eigenvalue weighted by molar-refractivity contribution is 7.92. The molecule has 0 spiro atoms. The highest BCUT2D eigenvalue weighted by atomic mass is 32.2. The number of aromatic nitrogens is 1. The number of oxazole rings is 1. The average molecular weight is 435 g/mol. The van der Waals surface area contributed by atoms with Gasteiger partial charge in [-0.15, -0.1) is 0 Å². The second kappa shape index (κ2) is 8.65. The van der Waals surface area contributed by atoms with E-state index in [1.807, 2.05) is 44.2 Å². The largest absolute Gasteiger partial charge is 0.494 e. The van der Waals surface area contributed by atoms with Gasteiger partial charge in [-0.1, -0.05) is 35.9 Å². The number of nitrogens with zero attached hydrogens (tertiary/aromatic N) is 1. The maximum atomic E-state index is 12.7. The average Bonchev–Trinajstić information content (AvgIpc) is 3.25. The van der Waals surface area contributed by atoms with Crippen LogP contribution in [0.3, 0.4) is 0 Å². The smallest absolute Gasteiger partial charge is 0.261 e. The van der Waals surface area contributed by atoms with E-state index in [4.69, 9.17) is 9.15 Å². The second-order valence-electron chi connectivity index (χ2n) is 6.99. The van der Waals surface area contributed by atoms with Gasteiger partial charge in [0.15, 0.2) is 0 Å². The predicted octanol–water partition coefficient (Wildman–Crippen LogP) is 5.52. The Balaban J connectivity index is 1.55. The zero-order chi connectivity index (χ0) is 21.8. The van der Waals surface area contributed by atoms with Crippen molar-refractivity contribution in [2.24, 2.45) is 0 Å². The van der Waals surface area contributed by atoms with Crippen molar-refractivity contribution in [3.63, 3.8) is 0 Å². The number of nitrogens with one attached hydrogen (secondary N) is 1. The first-order valence-electron chi connectivity index (χ1n) is 9.83. The first-order chi connectivity index (χ1) is 14.9. The van der Waals surface area contributed by atoms with Crippen LogP contribution in [0, 0.1) is 6.92 Å². The highest BCUT2D eigenvalue weighted by Gasteiger charge is 2.16. The Labute approximate surface area is 181 Å². The van der Waals surface area contributed by atoms with Gasteiger partial charge in [0.25, 0.3) is 10.0 Å². The molecule has 0 amide bonds. The lowest BCUT2D eigenvalue weighted by Crippen LogP contribution is -2.12. The molecular formula is C24H22N2O4S. The first kappa shape index (κ1) is 20.7. The lowest BCUT2D eigenvalue weighted by atomic mass is 10.1. The number of aryl methyl sites for hydroxylation is 1. The fourth-order valence-electron chi connectivity index (χ4n) is 3.07. The molecular weight excluding hydrogens is 412 g/mol. The molecule has 4 aromatic rings. The third-order valence-corrected chi connectivity index (χ3v) is 6.06. The van der Waals surface area contributed by atoms with E-state index in [1.165, 1.54) is 17.7 Å². The Bertz CT molecular complexity index is 1280. The van der Waals surface area contributed by atoms with Crippen LogP contribution in [0.1, 0.15) is 12.5 Å². The van der Waals surface area contributed by atoms with Crippen molar-refractivity contribution in [2.45, 2.75) is 18.7 Å². The summed E-state index contributed by atoms with van der Waals surface area (Å²) in [4.78, 5) is 4.70. The van der Waals surface area contributed by atoms with Crippen LogP contribution < -0.4 is 9.46 Å². The highest BCUT2D eigenvalue weighted by Crippen LogP contribution is 2.27. The SMILES string of the molecule is CCOc1ccc(S(=O)(=O)Nc2cccc(-c3nc(-c4ccc(C)cc4)co3)c2)cc1. The molecule has 0 bridgehead atoms. The molecule has 3 aromatic carbocycles. The summed E-state index contributed by atoms with van der Waals surface area (Å²) in [6.07, 6.45) is 1.59. The molecule has 1 N–H and O–H groups in total. The molecule has 0 unspecified atom stereocenters. The normalized spacial score (nSPS) is 11.3. The lowest BCUT2D eigenvalue weighted by Gasteiger charge is -2.10. The van der Waals surface area contributed by atoms with Gasteiger partial charge in [-0.2, -0.15) is 0 Å². The number of benzene rings is 3. The summed E-state index contributed by atoms with van der Waals surface area (Å²) in [6, 6.07) is 21.2. The van der Waals surface area contributed by atoms with Crippen LogP contribution in [0.4, 0.5) is 5.69 Å². The van der Waals surface area contributed by atoms with E-state index in [-0.39, 0.29) is 4.90 Å². The Hall–Kier alpha value is -3.58. The molecule has 1 heterocycles. The van der Waals surface area contributed by atoms with Gasteiger partial charge in [-0.05, 0) is 56.3 Å². The molecule has 158 valence electrons. The predicted molar refractivity (Wildman–Crippen MR) is 121 cm³/mol. The fraction of sp³-hybridized carbons (Fsp3) is 0.125. The molecule has 31 heavy (non-hydrogen) atoms. The van der Waals surface area contributed by atoms with Crippen molar-refractivity contribution in [1.29, 1.82) is 0 Å². The summed E-state index contributed by atoms with van der Waals surface area (Å²) in [7, 11) is -3.74. The molecule has 0 aliphatic heterocycles. The number of sulfonamides is 1. The summed E-state index contributed by atoms with van der Waals surface area (Å²) in [6.45, 7) is 4.41. The summed E-state index contributed by atoms with van der Waals surface area (Å²) < 4.78 is 39.1. The fourth-order valence-corrected chi connectivity index (χ4v) is 4.12. The zero-order valence-corrected chi connectivity index (χ0v) is 18.0. The number of rotatable bonds is 7. The standard InChI is InChI=1S/C24H22N2O4S/c1-3-29-21-11-13-22(14-12-21)31(27,28)26-20-6-4-5-19(15-20)24-25-23(16-30-24)18-9-7-17(2)8-10-18/h4-16,26H,3H2,1-2H3. The molecule has 0 radical (unpaired) electrons. The lowest BCUT2D eigenvalue weighted by molar-refractivity contribution is 0.340. The van der Waals surface area contributed by atoms with Crippen molar-refractivity contribution < 1.29 is 17.6 Å². The zero-order valence-electron chi connectivity index (χ0n) is 17.2. The van der Waals surface area contributed by atoms with Crippen molar-refractivity contribution in [3.05, 3.63) is 84.6 Å². The minimum atomic E-state index is -3.74. The van der Waals surface area contributed by atoms with E-state index in [0.29, 0.717) is 29.5 Å². The number of ether oxygens (including phenoxy) is 1. The number of hydrogen-bond donors (Lipinski definition) is 1. The van der Waals surface area contributed by atoms with Gasteiger partial charge in [0.05, 0.1) is 11.5 Å². The molecule has 7 heteroatoms. The Morgan fingerprint density at radius 1 is 0.968 bits per heavy atom. The van der Waals surface area contributed by atoms with E-state index < -0.39 is 10.0 Å². The number of hydrogen-bond acceptors (Lipinski definition) is 5. The molecule has 1 aromatic heterocycles. The Morgan fingerprint density at radius 3 is 2.42 bits per heavy atom. The third kappa shape index (κ3) is 4.78. The van der Waals surface area contributed by atoms with Gasteiger partial charge >= 0.3 is 0 Å². The summed E-state index contributed by atoms with van der Waals surface area (Å²) in [5.41, 5.74) is 3.93. The summed E-state index contributed by atoms with van der Waals surface area (Å²) in [5.74, 6) is 1.04. The van der Waals surface area contributed by atoms with Gasteiger partial charge in [0.1, 0.15) is 17.7 Å². The quantitative estimate of drug-likeness (QED) is 0.414. The van der Waals surface area contributed by atoms with Crippen molar-refractivity contribution in [1.82, 2.24) is 4.98 Å². The molecule has 0 aliphatic rings. The second-order valence-corrected chi connectivity index (χ2v) is 8.68. The maximum absolute atomic E-state index is 12.7. The van der Waals surface area contributed by atoms with E-state index in [0.717, 1.165) is 11.3 Å². The molecule has 0 saturated heterocycles. The minimum Gasteiger partial charge on any atom is -0.494 e. The van der Waals surface area contributed by atoms with Gasteiger partial charge < -0.3 is 9.15 Å².